The van der Waals surface area contributed by atoms with Gasteiger partial charge in [-0.3, -0.25) is 19.0 Å². The van der Waals surface area contributed by atoms with E-state index in [0.717, 1.165) is 15.6 Å². The molecule has 12 heteroatoms. The number of amides is 2. The molecule has 6 rings (SSSR count). The Kier molecular flexibility index (Phi) is 10.2. The van der Waals surface area contributed by atoms with Crippen LogP contribution in [0, 0.1) is 5.92 Å². The number of rotatable bonds is 11. The third kappa shape index (κ3) is 6.57. The molecule has 3 heterocycles. The van der Waals surface area contributed by atoms with E-state index in [0.29, 0.717) is 23.5 Å². The smallest absolute Gasteiger partial charge is 0.297 e. The number of carbonyl (C=O) groups excluding carboxylic acids is 2. The first-order chi connectivity index (χ1) is 23.9. The first kappa shape index (κ1) is 35.7. The van der Waals surface area contributed by atoms with Gasteiger partial charge in [0.25, 0.3) is 11.5 Å². The van der Waals surface area contributed by atoms with Gasteiger partial charge in [0, 0.05) is 46.5 Å². The molecule has 1 fully saturated rings. The molecular weight excluding hydrogens is 721 g/mol. The number of aromatic nitrogens is 1. The summed E-state index contributed by atoms with van der Waals surface area (Å²) in [6.07, 6.45) is 0.696. The molecule has 1 N–H and O–H groups in total. The van der Waals surface area contributed by atoms with E-state index < -0.39 is 31.6 Å². The summed E-state index contributed by atoms with van der Waals surface area (Å²) < 4.78 is 30.6. The summed E-state index contributed by atoms with van der Waals surface area (Å²) in [4.78, 5) is 44.7. The topological polar surface area (TPSA) is 101 Å². The lowest BCUT2D eigenvalue weighted by atomic mass is 9.82. The van der Waals surface area contributed by atoms with Crippen molar-refractivity contribution >= 4 is 41.8 Å². The van der Waals surface area contributed by atoms with Gasteiger partial charge in [-0.15, -0.1) is 0 Å². The van der Waals surface area contributed by atoms with Crippen molar-refractivity contribution in [3.05, 3.63) is 123 Å². The van der Waals surface area contributed by atoms with Gasteiger partial charge in [0.2, 0.25) is 14.3 Å². The van der Waals surface area contributed by atoms with Gasteiger partial charge in [0.1, 0.15) is 0 Å². The third-order valence-electron chi connectivity index (χ3n) is 9.92. The number of aliphatic hydroxyl groups is 1. The number of hydrogen-bond acceptors (Lipinski definition) is 6. The lowest BCUT2D eigenvalue weighted by Crippen LogP contribution is -2.45. The Morgan fingerprint density at radius 1 is 1.04 bits per heavy atom. The van der Waals surface area contributed by atoms with Gasteiger partial charge < -0.3 is 28.5 Å². The number of benzene rings is 3. The van der Waals surface area contributed by atoms with Crippen LogP contribution >= 0.6 is 15.9 Å². The van der Waals surface area contributed by atoms with Gasteiger partial charge in [-0.05, 0) is 66.7 Å². The highest BCUT2D eigenvalue weighted by atomic mass is 79.9. The Labute approximate surface area is 300 Å². The third-order valence-corrected chi connectivity index (χ3v) is 12.9. The molecule has 0 aliphatic carbocycles. The molecule has 3 aromatic carbocycles. The summed E-state index contributed by atoms with van der Waals surface area (Å²) in [5.41, 5.74) is 1.23. The van der Waals surface area contributed by atoms with E-state index in [4.69, 9.17) is 9.47 Å². The van der Waals surface area contributed by atoms with E-state index in [1.165, 1.54) is 11.7 Å². The number of pyridine rings is 1. The van der Waals surface area contributed by atoms with Crippen LogP contribution < -0.4 is 15.2 Å². The van der Waals surface area contributed by atoms with Gasteiger partial charge in [0.05, 0.1) is 38.5 Å². The van der Waals surface area contributed by atoms with Gasteiger partial charge in [-0.25, -0.2) is 0 Å². The van der Waals surface area contributed by atoms with Crippen molar-refractivity contribution < 1.29 is 28.3 Å². The second-order valence-corrected chi connectivity index (χ2v) is 18.2. The van der Waals surface area contributed by atoms with E-state index in [1.807, 2.05) is 79.7 Å². The number of ether oxygens (including phenoxy) is 2. The highest BCUT2D eigenvalue weighted by molar-refractivity contribution is 9.10. The molecule has 1 saturated heterocycles. The maximum Gasteiger partial charge on any atom is 0.297 e. The average Bonchev–Trinajstić information content (AvgIpc) is 3.51. The van der Waals surface area contributed by atoms with Crippen LogP contribution in [0.25, 0.3) is 5.69 Å². The monoisotopic (exact) mass is 761 g/mol. The highest BCUT2D eigenvalue weighted by Gasteiger charge is 2.67. The van der Waals surface area contributed by atoms with E-state index in [1.54, 1.807) is 41.2 Å². The number of carbonyl (C=O) groups is 2. The zero-order chi connectivity index (χ0) is 35.8. The summed E-state index contributed by atoms with van der Waals surface area (Å²) >= 11 is 3.57. The molecule has 4 atom stereocenters. The number of nitrogens with zero attached hydrogens (tertiary/aromatic N) is 3. The molecule has 50 heavy (non-hydrogen) atoms. The first-order valence-electron chi connectivity index (χ1n) is 16.6. The van der Waals surface area contributed by atoms with Crippen LogP contribution in [0.3, 0.4) is 0 Å². The van der Waals surface area contributed by atoms with Crippen LogP contribution in [0.5, 0.6) is 5.75 Å². The standard InChI is InChI=1S/C38H41BrFN3O6Si/c1-25-35(50(3,4)40)33(22-34(45)41(19-20-44)23-26-9-6-5-7-10-26)49-38(25)30-21-28(39)14-17-31(30)43(37(38)47)24-27-12-15-29(16-13-27)42-18-8-11-32(48-2)36(42)46/h5-18,21,25,33,35,44H,19-20,22-24H2,1-4H3/t25-,33+,35-,38+/m0/s1. The SMILES string of the molecule is COc1cccn(-c2ccc(CN3C(=O)[C@]4(O[C@H](CC(=O)N(CCO)Cc5ccccc5)[C@@H]([Si](C)(C)F)[C@@H]4C)c4cc(Br)ccc43)cc2)c1=O. The van der Waals surface area contributed by atoms with Crippen molar-refractivity contribution in [3.8, 4) is 11.4 Å². The van der Waals surface area contributed by atoms with Gasteiger partial charge in [0.15, 0.2) is 11.4 Å². The molecule has 0 radical (unpaired) electrons. The summed E-state index contributed by atoms with van der Waals surface area (Å²) in [6, 6.07) is 25.8. The molecule has 2 aliphatic rings. The van der Waals surface area contributed by atoms with Gasteiger partial charge in [-0.2, -0.15) is 0 Å². The molecule has 1 spiro atoms. The molecule has 1 aromatic heterocycles. The Morgan fingerprint density at radius 3 is 2.42 bits per heavy atom. The summed E-state index contributed by atoms with van der Waals surface area (Å²) in [5, 5.41) is 9.79. The number of fused-ring (bicyclic) bond motifs is 2. The lowest BCUT2D eigenvalue weighted by molar-refractivity contribution is -0.150. The van der Waals surface area contributed by atoms with Crippen LogP contribution in [0.2, 0.25) is 18.6 Å². The fraction of sp³-hybridized carbons (Fsp3) is 0.342. The van der Waals surface area contributed by atoms with E-state index >= 15 is 4.11 Å². The zero-order valence-corrected chi connectivity index (χ0v) is 31.1. The fourth-order valence-corrected chi connectivity index (χ4v) is 10.5. The molecule has 0 bridgehead atoms. The van der Waals surface area contributed by atoms with Crippen LogP contribution in [0.15, 0.2) is 100 Å². The van der Waals surface area contributed by atoms with Crippen molar-refractivity contribution in [3.63, 3.8) is 0 Å². The number of anilines is 1. The van der Waals surface area contributed by atoms with E-state index in [2.05, 4.69) is 15.9 Å². The van der Waals surface area contributed by atoms with Gasteiger partial charge >= 0.3 is 0 Å². The Balaban J connectivity index is 1.32. The lowest BCUT2D eigenvalue weighted by Gasteiger charge is -2.31. The molecule has 0 saturated carbocycles. The van der Waals surface area contributed by atoms with Gasteiger partial charge in [-0.1, -0.05) is 65.3 Å². The van der Waals surface area contributed by atoms with E-state index in [9.17, 15) is 19.5 Å². The van der Waals surface area contributed by atoms with Crippen molar-refractivity contribution in [2.75, 3.05) is 25.2 Å². The second kappa shape index (κ2) is 14.3. The molecular formula is C38H41BrFN3O6Si. The maximum atomic E-state index is 16.4. The number of aliphatic hydroxyl groups excluding tert-OH is 1. The molecule has 2 amide bonds. The summed E-state index contributed by atoms with van der Waals surface area (Å²) in [5.74, 6) is -0.915. The first-order valence-corrected chi connectivity index (χ1v) is 20.4. The number of halogens is 2. The van der Waals surface area contributed by atoms with Crippen molar-refractivity contribution in [1.82, 2.24) is 9.47 Å². The van der Waals surface area contributed by atoms with E-state index in [-0.39, 0.29) is 49.2 Å². The Hall–Kier alpha value is -4.10. The largest absolute Gasteiger partial charge is 0.491 e. The molecule has 2 aliphatic heterocycles. The predicted octanol–water partition coefficient (Wildman–Crippen LogP) is 6.34. The quantitative estimate of drug-likeness (QED) is 0.142. The molecule has 4 aromatic rings. The predicted molar refractivity (Wildman–Crippen MR) is 196 cm³/mol. The highest BCUT2D eigenvalue weighted by Crippen LogP contribution is 2.60. The fourth-order valence-electron chi connectivity index (χ4n) is 7.67. The number of hydrogen-bond donors (Lipinski definition) is 1. The maximum absolute atomic E-state index is 16.4. The Morgan fingerprint density at radius 2 is 1.76 bits per heavy atom. The van der Waals surface area contributed by atoms with Crippen LogP contribution in [0.1, 0.15) is 30.0 Å². The van der Waals surface area contributed by atoms with Crippen molar-refractivity contribution in [1.29, 1.82) is 0 Å². The molecule has 262 valence electrons. The van der Waals surface area contributed by atoms with Crippen molar-refractivity contribution in [2.24, 2.45) is 5.92 Å². The minimum absolute atomic E-state index is 0.119. The minimum atomic E-state index is -3.51. The second-order valence-electron chi connectivity index (χ2n) is 13.5. The van der Waals surface area contributed by atoms with Crippen LogP contribution in [-0.4, -0.2) is 61.2 Å². The molecule has 9 nitrogen and oxygen atoms in total. The number of methoxy groups -OCH3 is 1. The van der Waals surface area contributed by atoms with Crippen LogP contribution in [-0.2, 0) is 33.0 Å². The van der Waals surface area contributed by atoms with Crippen molar-refractivity contribution in [2.45, 2.75) is 56.8 Å². The zero-order valence-electron chi connectivity index (χ0n) is 28.5. The summed E-state index contributed by atoms with van der Waals surface area (Å²) in [6.45, 7) is 5.49. The average molecular weight is 763 g/mol. The normalized spacial score (nSPS) is 21.5. The van der Waals surface area contributed by atoms with Crippen LogP contribution in [0.4, 0.5) is 9.80 Å². The molecule has 0 unspecified atom stereocenters. The Bertz CT molecular complexity index is 1940. The minimum Gasteiger partial charge on any atom is -0.491 e. The summed E-state index contributed by atoms with van der Waals surface area (Å²) in [7, 11) is -2.06.